The first-order valence-corrected chi connectivity index (χ1v) is 8.66. The van der Waals surface area contributed by atoms with E-state index in [-0.39, 0.29) is 0 Å². The Hall–Kier alpha value is -0.0800. The average molecular weight is 264 g/mol. The molecule has 2 saturated carbocycles. The monoisotopic (exact) mass is 264 g/mol. The molecule has 1 saturated heterocycles. The van der Waals surface area contributed by atoms with Crippen molar-refractivity contribution in [3.05, 3.63) is 0 Å². The number of piperazine rings is 1. The summed E-state index contributed by atoms with van der Waals surface area (Å²) in [5, 5.41) is 3.97. The van der Waals surface area contributed by atoms with Crippen LogP contribution in [0.15, 0.2) is 0 Å². The largest absolute Gasteiger partial charge is 0.308 e. The van der Waals surface area contributed by atoms with E-state index < -0.39 is 0 Å². The van der Waals surface area contributed by atoms with E-state index in [2.05, 4.69) is 24.1 Å². The first-order chi connectivity index (χ1) is 9.16. The quantitative estimate of drug-likeness (QED) is 0.838. The van der Waals surface area contributed by atoms with Gasteiger partial charge in [0.1, 0.15) is 0 Å². The molecule has 3 rings (SSSR count). The Morgan fingerprint density at radius 1 is 1.11 bits per heavy atom. The van der Waals surface area contributed by atoms with Crippen molar-refractivity contribution in [2.45, 2.75) is 82.7 Å². The van der Waals surface area contributed by atoms with Crippen LogP contribution in [0.4, 0.5) is 0 Å². The van der Waals surface area contributed by atoms with Crippen molar-refractivity contribution >= 4 is 0 Å². The maximum absolute atomic E-state index is 3.97. The van der Waals surface area contributed by atoms with E-state index in [4.69, 9.17) is 0 Å². The maximum Gasteiger partial charge on any atom is 0.0309 e. The van der Waals surface area contributed by atoms with Crippen LogP contribution in [-0.2, 0) is 0 Å². The molecule has 0 amide bonds. The highest BCUT2D eigenvalue weighted by molar-refractivity contribution is 5.04. The molecule has 0 aromatic rings. The van der Waals surface area contributed by atoms with Crippen LogP contribution in [0.2, 0.25) is 0 Å². The molecule has 110 valence electrons. The van der Waals surface area contributed by atoms with Crippen molar-refractivity contribution in [3.63, 3.8) is 0 Å². The number of nitrogens with zero attached hydrogens (tertiary/aromatic N) is 1. The van der Waals surface area contributed by atoms with Crippen molar-refractivity contribution < 1.29 is 0 Å². The van der Waals surface area contributed by atoms with E-state index >= 15 is 0 Å². The lowest BCUT2D eigenvalue weighted by Crippen LogP contribution is -2.70. The molecule has 2 aliphatic carbocycles. The minimum atomic E-state index is 0.401. The standard InChI is InChI=1S/C17H32N2/c1-3-16(2)13-18-17(10-5-4-6-11-17)14-19(16)12-15-8-7-9-15/h15,18H,3-14H2,1-2H3. The second-order valence-electron chi connectivity index (χ2n) is 7.72. The molecule has 0 bridgehead atoms. The number of nitrogens with one attached hydrogen (secondary N) is 1. The van der Waals surface area contributed by atoms with Crippen molar-refractivity contribution in [1.29, 1.82) is 0 Å². The minimum absolute atomic E-state index is 0.401. The lowest BCUT2D eigenvalue weighted by atomic mass is 9.75. The smallest absolute Gasteiger partial charge is 0.0309 e. The Labute approximate surface area is 119 Å². The summed E-state index contributed by atoms with van der Waals surface area (Å²) in [6.45, 7) is 8.74. The van der Waals surface area contributed by atoms with Crippen LogP contribution < -0.4 is 5.32 Å². The minimum Gasteiger partial charge on any atom is -0.308 e. The van der Waals surface area contributed by atoms with Gasteiger partial charge in [-0.3, -0.25) is 4.90 Å². The van der Waals surface area contributed by atoms with Gasteiger partial charge in [0.2, 0.25) is 0 Å². The van der Waals surface area contributed by atoms with Crippen LogP contribution >= 0.6 is 0 Å². The van der Waals surface area contributed by atoms with Gasteiger partial charge in [-0.2, -0.15) is 0 Å². The van der Waals surface area contributed by atoms with Crippen LogP contribution in [0.25, 0.3) is 0 Å². The molecule has 1 spiro atoms. The summed E-state index contributed by atoms with van der Waals surface area (Å²) < 4.78 is 0. The van der Waals surface area contributed by atoms with Crippen LogP contribution in [0.1, 0.15) is 71.6 Å². The Kier molecular flexibility index (Phi) is 3.92. The van der Waals surface area contributed by atoms with Crippen molar-refractivity contribution in [1.82, 2.24) is 10.2 Å². The van der Waals surface area contributed by atoms with Gasteiger partial charge in [-0.15, -0.1) is 0 Å². The zero-order valence-electron chi connectivity index (χ0n) is 13.0. The molecule has 0 aromatic heterocycles. The SMILES string of the molecule is CCC1(C)CNC2(CCCCC2)CN1CC1CCC1. The number of hydrogen-bond acceptors (Lipinski definition) is 2. The second-order valence-corrected chi connectivity index (χ2v) is 7.72. The van der Waals surface area contributed by atoms with Gasteiger partial charge in [0.15, 0.2) is 0 Å². The predicted octanol–water partition coefficient (Wildman–Crippen LogP) is 3.56. The molecule has 19 heavy (non-hydrogen) atoms. The number of hydrogen-bond donors (Lipinski definition) is 1. The molecular weight excluding hydrogens is 232 g/mol. The lowest BCUT2D eigenvalue weighted by Gasteiger charge is -2.56. The van der Waals surface area contributed by atoms with Gasteiger partial charge in [-0.1, -0.05) is 32.6 Å². The van der Waals surface area contributed by atoms with Gasteiger partial charge in [0.05, 0.1) is 0 Å². The fraction of sp³-hybridized carbons (Fsp3) is 1.00. The normalized spacial score (nSPS) is 36.3. The predicted molar refractivity (Wildman–Crippen MR) is 81.4 cm³/mol. The third-order valence-corrected chi connectivity index (χ3v) is 6.38. The Morgan fingerprint density at radius 3 is 2.42 bits per heavy atom. The molecule has 3 fully saturated rings. The average Bonchev–Trinajstić information content (AvgIpc) is 2.39. The highest BCUT2D eigenvalue weighted by atomic mass is 15.3. The van der Waals surface area contributed by atoms with E-state index in [9.17, 15) is 0 Å². The van der Waals surface area contributed by atoms with E-state index in [1.165, 1.54) is 77.4 Å². The summed E-state index contributed by atoms with van der Waals surface area (Å²) >= 11 is 0. The molecule has 0 radical (unpaired) electrons. The fourth-order valence-corrected chi connectivity index (χ4v) is 4.29. The summed E-state index contributed by atoms with van der Waals surface area (Å²) in [7, 11) is 0. The topological polar surface area (TPSA) is 15.3 Å². The zero-order valence-corrected chi connectivity index (χ0v) is 13.0. The Balaban J connectivity index is 1.70. The Bertz CT molecular complexity index is 304. The third kappa shape index (κ3) is 2.71. The third-order valence-electron chi connectivity index (χ3n) is 6.38. The molecule has 0 aromatic carbocycles. The van der Waals surface area contributed by atoms with Gasteiger partial charge in [-0.05, 0) is 44.9 Å². The van der Waals surface area contributed by atoms with E-state index in [0.29, 0.717) is 11.1 Å². The molecule has 1 atom stereocenters. The molecular formula is C17H32N2. The highest BCUT2D eigenvalue weighted by Gasteiger charge is 2.45. The number of rotatable bonds is 3. The fourth-order valence-electron chi connectivity index (χ4n) is 4.29. The van der Waals surface area contributed by atoms with Crippen LogP contribution in [0.3, 0.4) is 0 Å². The first kappa shape index (κ1) is 13.9. The molecule has 1 unspecified atom stereocenters. The van der Waals surface area contributed by atoms with Gasteiger partial charge in [-0.25, -0.2) is 0 Å². The van der Waals surface area contributed by atoms with E-state index in [1.807, 2.05) is 0 Å². The molecule has 1 heterocycles. The molecule has 2 nitrogen and oxygen atoms in total. The highest BCUT2D eigenvalue weighted by Crippen LogP contribution is 2.38. The summed E-state index contributed by atoms with van der Waals surface area (Å²) in [6.07, 6.45) is 12.9. The van der Waals surface area contributed by atoms with Crippen LogP contribution in [0, 0.1) is 5.92 Å². The maximum atomic E-state index is 3.97. The lowest BCUT2D eigenvalue weighted by molar-refractivity contribution is -0.0188. The van der Waals surface area contributed by atoms with Crippen molar-refractivity contribution in [3.8, 4) is 0 Å². The van der Waals surface area contributed by atoms with Gasteiger partial charge in [0.25, 0.3) is 0 Å². The van der Waals surface area contributed by atoms with E-state index in [0.717, 1.165) is 5.92 Å². The molecule has 3 aliphatic rings. The van der Waals surface area contributed by atoms with Gasteiger partial charge >= 0.3 is 0 Å². The second kappa shape index (κ2) is 5.37. The molecule has 1 aliphatic heterocycles. The van der Waals surface area contributed by atoms with Gasteiger partial charge in [0, 0.05) is 30.7 Å². The summed E-state index contributed by atoms with van der Waals surface area (Å²) in [4.78, 5) is 2.87. The zero-order chi connectivity index (χ0) is 13.3. The van der Waals surface area contributed by atoms with Crippen LogP contribution in [-0.4, -0.2) is 35.6 Å². The summed E-state index contributed by atoms with van der Waals surface area (Å²) in [5.41, 5.74) is 0.870. The molecule has 2 heteroatoms. The summed E-state index contributed by atoms with van der Waals surface area (Å²) in [5.74, 6) is 1.00. The Morgan fingerprint density at radius 2 is 1.84 bits per heavy atom. The van der Waals surface area contributed by atoms with Gasteiger partial charge < -0.3 is 5.32 Å². The molecule has 1 N–H and O–H groups in total. The van der Waals surface area contributed by atoms with Crippen molar-refractivity contribution in [2.75, 3.05) is 19.6 Å². The van der Waals surface area contributed by atoms with Crippen LogP contribution in [0.5, 0.6) is 0 Å². The van der Waals surface area contributed by atoms with Crippen molar-refractivity contribution in [2.24, 2.45) is 5.92 Å². The first-order valence-electron chi connectivity index (χ1n) is 8.66. The van der Waals surface area contributed by atoms with E-state index in [1.54, 1.807) is 0 Å². The summed E-state index contributed by atoms with van der Waals surface area (Å²) in [6, 6.07) is 0.